The summed E-state index contributed by atoms with van der Waals surface area (Å²) in [7, 11) is 0. The van der Waals surface area contributed by atoms with Gasteiger partial charge >= 0.3 is 6.09 Å². The van der Waals surface area contributed by atoms with Crippen molar-refractivity contribution in [2.75, 3.05) is 6.54 Å². The molecule has 0 spiro atoms. The molecule has 0 aromatic rings. The van der Waals surface area contributed by atoms with Gasteiger partial charge < -0.3 is 15.4 Å². The van der Waals surface area contributed by atoms with E-state index in [-0.39, 0.29) is 12.1 Å². The van der Waals surface area contributed by atoms with Gasteiger partial charge in [-0.25, -0.2) is 4.79 Å². The first-order chi connectivity index (χ1) is 10.8. The van der Waals surface area contributed by atoms with Gasteiger partial charge in [-0.3, -0.25) is 0 Å². The Morgan fingerprint density at radius 3 is 2.52 bits per heavy atom. The molecule has 4 nitrogen and oxygen atoms in total. The lowest BCUT2D eigenvalue weighted by atomic mass is 9.87. The number of carbonyl (C=O) groups excluding carboxylic acids is 1. The smallest absolute Gasteiger partial charge is 0.407 e. The summed E-state index contributed by atoms with van der Waals surface area (Å²) in [5.74, 6) is 2.95. The number of amides is 1. The zero-order chi connectivity index (χ0) is 16.6. The van der Waals surface area contributed by atoms with Crippen molar-refractivity contribution in [1.82, 2.24) is 10.6 Å². The van der Waals surface area contributed by atoms with Gasteiger partial charge in [-0.2, -0.15) is 0 Å². The van der Waals surface area contributed by atoms with Crippen LogP contribution in [0.4, 0.5) is 4.79 Å². The van der Waals surface area contributed by atoms with Crippen LogP contribution in [0.25, 0.3) is 0 Å². The Balaban J connectivity index is 1.46. The summed E-state index contributed by atoms with van der Waals surface area (Å²) in [6.07, 6.45) is 9.62. The van der Waals surface area contributed by atoms with Crippen molar-refractivity contribution in [2.24, 2.45) is 23.7 Å². The van der Waals surface area contributed by atoms with E-state index in [0.29, 0.717) is 12.0 Å². The summed E-state index contributed by atoms with van der Waals surface area (Å²) < 4.78 is 5.41. The summed E-state index contributed by atoms with van der Waals surface area (Å²) in [6.45, 7) is 8.87. The third kappa shape index (κ3) is 4.50. The molecular weight excluding hydrogens is 288 g/mol. The van der Waals surface area contributed by atoms with Crippen molar-refractivity contribution in [1.29, 1.82) is 0 Å². The first-order valence-electron chi connectivity index (χ1n) is 9.23. The zero-order valence-electron chi connectivity index (χ0n) is 15.0. The van der Waals surface area contributed by atoms with Crippen LogP contribution in [0, 0.1) is 23.7 Å². The molecule has 5 unspecified atom stereocenters. The number of rotatable bonds is 6. The molecule has 0 aliphatic heterocycles. The lowest BCUT2D eigenvalue weighted by Crippen LogP contribution is -2.48. The summed E-state index contributed by atoms with van der Waals surface area (Å²) in [6, 6.07) is 0.707. The molecule has 130 valence electrons. The highest BCUT2D eigenvalue weighted by Crippen LogP contribution is 2.44. The Labute approximate surface area is 140 Å². The van der Waals surface area contributed by atoms with Crippen LogP contribution >= 0.6 is 0 Å². The minimum atomic E-state index is -0.436. The van der Waals surface area contributed by atoms with E-state index < -0.39 is 5.60 Å². The highest BCUT2D eigenvalue weighted by Gasteiger charge is 2.39. The topological polar surface area (TPSA) is 50.4 Å². The van der Waals surface area contributed by atoms with E-state index in [9.17, 15) is 4.79 Å². The Hall–Kier alpha value is -1.03. The second-order valence-corrected chi connectivity index (χ2v) is 8.73. The Morgan fingerprint density at radius 1 is 1.26 bits per heavy atom. The van der Waals surface area contributed by atoms with Crippen molar-refractivity contribution in [2.45, 2.75) is 71.1 Å². The predicted octanol–water partition coefficient (Wildman–Crippen LogP) is 3.48. The van der Waals surface area contributed by atoms with Crippen molar-refractivity contribution in [3.05, 3.63) is 12.2 Å². The van der Waals surface area contributed by atoms with E-state index in [0.717, 1.165) is 24.3 Å². The van der Waals surface area contributed by atoms with Gasteiger partial charge in [0.05, 0.1) is 0 Å². The van der Waals surface area contributed by atoms with E-state index in [1.807, 2.05) is 20.8 Å². The lowest BCUT2D eigenvalue weighted by Gasteiger charge is -2.29. The first kappa shape index (κ1) is 16.8. The highest BCUT2D eigenvalue weighted by molar-refractivity contribution is 5.68. The molecular formula is C19H32N2O2. The third-order valence-corrected chi connectivity index (χ3v) is 5.53. The SMILES string of the molecule is CC(NCC(NC(=O)OC(C)(C)C)C1CC1)C1CC2C=CC1C2. The second kappa shape index (κ2) is 6.46. The molecule has 2 fully saturated rings. The van der Waals surface area contributed by atoms with Crippen LogP contribution in [-0.2, 0) is 4.74 Å². The standard InChI is InChI=1S/C19H32N2O2/c1-12(16-10-13-5-6-15(16)9-13)20-11-17(14-7-8-14)21-18(22)23-19(2,3)4/h5-6,12-17,20H,7-11H2,1-4H3,(H,21,22). The predicted molar refractivity (Wildman–Crippen MR) is 92.2 cm³/mol. The summed E-state index contributed by atoms with van der Waals surface area (Å²) in [4.78, 5) is 12.0. The Kier molecular flexibility index (Phi) is 4.73. The fourth-order valence-electron chi connectivity index (χ4n) is 4.16. The Bertz CT molecular complexity index is 464. The number of hydrogen-bond donors (Lipinski definition) is 2. The maximum atomic E-state index is 12.0. The van der Waals surface area contributed by atoms with Crippen LogP contribution in [0.3, 0.4) is 0 Å². The van der Waals surface area contributed by atoms with E-state index in [4.69, 9.17) is 4.74 Å². The van der Waals surface area contributed by atoms with Crippen LogP contribution < -0.4 is 10.6 Å². The van der Waals surface area contributed by atoms with Crippen LogP contribution in [0.2, 0.25) is 0 Å². The van der Waals surface area contributed by atoms with Gasteiger partial charge in [0.2, 0.25) is 0 Å². The molecule has 5 atom stereocenters. The number of alkyl carbamates (subject to hydrolysis) is 1. The van der Waals surface area contributed by atoms with Crippen molar-refractivity contribution in [3.8, 4) is 0 Å². The fraction of sp³-hybridized carbons (Fsp3) is 0.842. The molecule has 2 bridgehead atoms. The minimum Gasteiger partial charge on any atom is -0.444 e. The number of ether oxygens (including phenoxy) is 1. The largest absolute Gasteiger partial charge is 0.444 e. The van der Waals surface area contributed by atoms with Gasteiger partial charge in [0.1, 0.15) is 5.60 Å². The van der Waals surface area contributed by atoms with Gasteiger partial charge in [-0.15, -0.1) is 0 Å². The number of hydrogen-bond acceptors (Lipinski definition) is 3. The van der Waals surface area contributed by atoms with Crippen LogP contribution in [-0.4, -0.2) is 30.3 Å². The fourth-order valence-corrected chi connectivity index (χ4v) is 4.16. The summed E-state index contributed by atoms with van der Waals surface area (Å²) in [5.41, 5.74) is -0.436. The summed E-state index contributed by atoms with van der Waals surface area (Å²) in [5, 5.41) is 6.77. The maximum Gasteiger partial charge on any atom is 0.407 e. The number of fused-ring (bicyclic) bond motifs is 2. The number of carbonyl (C=O) groups is 1. The van der Waals surface area contributed by atoms with E-state index in [2.05, 4.69) is 29.7 Å². The van der Waals surface area contributed by atoms with Crippen LogP contribution in [0.5, 0.6) is 0 Å². The second-order valence-electron chi connectivity index (χ2n) is 8.73. The van der Waals surface area contributed by atoms with E-state index in [1.54, 1.807) is 0 Å². The molecule has 0 heterocycles. The monoisotopic (exact) mass is 320 g/mol. The normalized spacial score (nSPS) is 31.9. The molecule has 2 saturated carbocycles. The third-order valence-electron chi connectivity index (χ3n) is 5.53. The quantitative estimate of drug-likeness (QED) is 0.737. The molecule has 1 amide bonds. The van der Waals surface area contributed by atoms with Gasteiger partial charge in [-0.05, 0) is 77.0 Å². The molecule has 4 heteroatoms. The maximum absolute atomic E-state index is 12.0. The van der Waals surface area contributed by atoms with Gasteiger partial charge in [-0.1, -0.05) is 12.2 Å². The van der Waals surface area contributed by atoms with Crippen molar-refractivity contribution < 1.29 is 9.53 Å². The van der Waals surface area contributed by atoms with Crippen molar-refractivity contribution in [3.63, 3.8) is 0 Å². The van der Waals surface area contributed by atoms with Crippen molar-refractivity contribution >= 4 is 6.09 Å². The Morgan fingerprint density at radius 2 is 2.00 bits per heavy atom. The molecule has 23 heavy (non-hydrogen) atoms. The molecule has 3 aliphatic carbocycles. The van der Waals surface area contributed by atoms with Crippen LogP contribution in [0.1, 0.15) is 53.4 Å². The highest BCUT2D eigenvalue weighted by atomic mass is 16.6. The molecule has 3 rings (SSSR count). The van der Waals surface area contributed by atoms with Gasteiger partial charge in [0.25, 0.3) is 0 Å². The molecule has 0 saturated heterocycles. The molecule has 0 aromatic heterocycles. The van der Waals surface area contributed by atoms with Gasteiger partial charge in [0.15, 0.2) is 0 Å². The van der Waals surface area contributed by atoms with E-state index in [1.165, 1.54) is 25.7 Å². The number of allylic oxidation sites excluding steroid dienone is 2. The average molecular weight is 320 g/mol. The molecule has 2 N–H and O–H groups in total. The zero-order valence-corrected chi connectivity index (χ0v) is 15.0. The van der Waals surface area contributed by atoms with E-state index >= 15 is 0 Å². The molecule has 0 aromatic carbocycles. The van der Waals surface area contributed by atoms with Gasteiger partial charge in [0, 0.05) is 18.6 Å². The average Bonchev–Trinajstić information content (AvgIpc) is 3.07. The van der Waals surface area contributed by atoms with Crippen LogP contribution in [0.15, 0.2) is 12.2 Å². The minimum absolute atomic E-state index is 0.196. The molecule has 0 radical (unpaired) electrons. The lowest BCUT2D eigenvalue weighted by molar-refractivity contribution is 0.0496. The first-order valence-corrected chi connectivity index (χ1v) is 9.23. The number of nitrogens with one attached hydrogen (secondary N) is 2. The molecule has 3 aliphatic rings. The summed E-state index contributed by atoms with van der Waals surface area (Å²) >= 11 is 0.